The Bertz CT molecular complexity index is 570. The van der Waals surface area contributed by atoms with Gasteiger partial charge >= 0.3 is 5.97 Å². The smallest absolute Gasteiger partial charge is 0.321 e. The number of benzene rings is 1. The molecule has 0 aliphatic rings. The summed E-state index contributed by atoms with van der Waals surface area (Å²) in [5.41, 5.74) is 0.782. The van der Waals surface area contributed by atoms with E-state index in [0.29, 0.717) is 5.75 Å². The molecule has 1 aromatic rings. The maximum atomic E-state index is 12.0. The Kier molecular flexibility index (Phi) is 6.64. The van der Waals surface area contributed by atoms with Gasteiger partial charge in [-0.2, -0.15) is 0 Å². The quantitative estimate of drug-likeness (QED) is 0.719. The summed E-state index contributed by atoms with van der Waals surface area (Å²) in [6.07, 6.45) is 0. The molecule has 6 nitrogen and oxygen atoms in total. The van der Waals surface area contributed by atoms with E-state index in [-0.39, 0.29) is 12.4 Å². The molecule has 0 aliphatic heterocycles. The molecule has 0 saturated heterocycles. The lowest BCUT2D eigenvalue weighted by Crippen LogP contribution is -2.29. The summed E-state index contributed by atoms with van der Waals surface area (Å²) in [6, 6.07) is 6.73. The van der Waals surface area contributed by atoms with E-state index in [1.54, 1.807) is 39.3 Å². The fraction of sp³-hybridized carbons (Fsp3) is 0.500. The zero-order chi connectivity index (χ0) is 15.9. The first-order valence-electron chi connectivity index (χ1n) is 6.59. The van der Waals surface area contributed by atoms with Crippen LogP contribution in [0.25, 0.3) is 0 Å². The molecule has 0 fully saturated rings. The molecule has 0 aliphatic carbocycles. The number of nitrogens with one attached hydrogen (secondary N) is 1. The van der Waals surface area contributed by atoms with Crippen molar-refractivity contribution >= 4 is 15.8 Å². The van der Waals surface area contributed by atoms with Gasteiger partial charge in [0.25, 0.3) is 0 Å². The monoisotopic (exact) mass is 315 g/mol. The van der Waals surface area contributed by atoms with Gasteiger partial charge in [-0.1, -0.05) is 12.1 Å². The topological polar surface area (TPSA) is 81.7 Å². The molecule has 0 bridgehead atoms. The molecule has 1 atom stereocenters. The summed E-state index contributed by atoms with van der Waals surface area (Å²) in [5.74, 6) is -0.869. The van der Waals surface area contributed by atoms with Crippen molar-refractivity contribution in [3.05, 3.63) is 29.8 Å². The van der Waals surface area contributed by atoms with E-state index in [9.17, 15) is 13.2 Å². The van der Waals surface area contributed by atoms with E-state index >= 15 is 0 Å². The van der Waals surface area contributed by atoms with Gasteiger partial charge in [0.05, 0.1) is 19.5 Å². The molecule has 1 rings (SSSR count). The fourth-order valence-corrected chi connectivity index (χ4v) is 3.33. The molecule has 21 heavy (non-hydrogen) atoms. The predicted octanol–water partition coefficient (Wildman–Crippen LogP) is 0.934. The summed E-state index contributed by atoms with van der Waals surface area (Å²) in [6.45, 7) is 1.80. The average Bonchev–Trinajstić information content (AvgIpc) is 2.44. The maximum Gasteiger partial charge on any atom is 0.321 e. The Labute approximate surface area is 125 Å². The molecule has 0 spiro atoms. The molecular formula is C14H21NO5S. The highest BCUT2D eigenvalue weighted by molar-refractivity contribution is 7.92. The third-order valence-corrected chi connectivity index (χ3v) is 4.43. The van der Waals surface area contributed by atoms with Crippen LogP contribution in [0.2, 0.25) is 0 Å². The highest BCUT2D eigenvalue weighted by Crippen LogP contribution is 2.20. The average molecular weight is 315 g/mol. The first kappa shape index (κ1) is 17.5. The van der Waals surface area contributed by atoms with Crippen LogP contribution in [-0.4, -0.2) is 46.7 Å². The fourth-order valence-electron chi connectivity index (χ4n) is 1.90. The van der Waals surface area contributed by atoms with Crippen molar-refractivity contribution in [2.45, 2.75) is 13.0 Å². The third kappa shape index (κ3) is 5.73. The van der Waals surface area contributed by atoms with E-state index in [1.165, 1.54) is 0 Å². The van der Waals surface area contributed by atoms with Crippen molar-refractivity contribution < 1.29 is 22.7 Å². The number of carbonyl (C=O) groups excluding carboxylic acids is 1. The minimum atomic E-state index is -3.56. The number of rotatable bonds is 8. The lowest BCUT2D eigenvalue weighted by molar-refractivity contribution is -0.139. The maximum absolute atomic E-state index is 12.0. The predicted molar refractivity (Wildman–Crippen MR) is 80.1 cm³/mol. The van der Waals surface area contributed by atoms with Crippen molar-refractivity contribution in [2.24, 2.45) is 0 Å². The molecule has 7 heteroatoms. The molecule has 0 amide bonds. The molecule has 0 radical (unpaired) electrons. The van der Waals surface area contributed by atoms with Crippen LogP contribution in [0.3, 0.4) is 0 Å². The summed E-state index contributed by atoms with van der Waals surface area (Å²) in [7, 11) is -0.343. The van der Waals surface area contributed by atoms with Crippen LogP contribution in [0.1, 0.15) is 18.5 Å². The largest absolute Gasteiger partial charge is 0.497 e. The summed E-state index contributed by atoms with van der Waals surface area (Å²) in [5, 5.41) is 2.94. The second-order valence-corrected chi connectivity index (χ2v) is 6.59. The van der Waals surface area contributed by atoms with Crippen molar-refractivity contribution in [1.29, 1.82) is 0 Å². The van der Waals surface area contributed by atoms with Crippen LogP contribution >= 0.6 is 0 Å². The minimum Gasteiger partial charge on any atom is -0.497 e. The highest BCUT2D eigenvalue weighted by atomic mass is 32.2. The van der Waals surface area contributed by atoms with Crippen molar-refractivity contribution in [3.63, 3.8) is 0 Å². The van der Waals surface area contributed by atoms with E-state index in [4.69, 9.17) is 4.74 Å². The van der Waals surface area contributed by atoms with Gasteiger partial charge in [0.15, 0.2) is 9.84 Å². The van der Waals surface area contributed by atoms with Crippen molar-refractivity contribution in [2.75, 3.05) is 32.3 Å². The lowest BCUT2D eigenvalue weighted by Gasteiger charge is -2.17. The van der Waals surface area contributed by atoms with Crippen LogP contribution in [-0.2, 0) is 19.4 Å². The van der Waals surface area contributed by atoms with Crippen LogP contribution in [0, 0.1) is 0 Å². The molecule has 1 N–H and O–H groups in total. The number of carbonyl (C=O) groups is 1. The van der Waals surface area contributed by atoms with Gasteiger partial charge in [0.1, 0.15) is 11.5 Å². The number of sulfone groups is 1. The highest BCUT2D eigenvalue weighted by Gasteiger charge is 2.23. The van der Waals surface area contributed by atoms with Crippen LogP contribution in [0.4, 0.5) is 0 Å². The first-order chi connectivity index (χ1) is 9.91. The molecule has 0 saturated carbocycles. The Morgan fingerprint density at radius 2 is 2.10 bits per heavy atom. The molecule has 0 heterocycles. The normalized spacial score (nSPS) is 12.7. The van der Waals surface area contributed by atoms with Crippen LogP contribution < -0.4 is 10.1 Å². The number of methoxy groups -OCH3 is 1. The van der Waals surface area contributed by atoms with Crippen LogP contribution in [0.15, 0.2) is 24.3 Å². The number of esters is 1. The van der Waals surface area contributed by atoms with E-state index in [0.717, 1.165) is 5.56 Å². The zero-order valence-electron chi connectivity index (χ0n) is 12.5. The zero-order valence-corrected chi connectivity index (χ0v) is 13.3. The van der Waals surface area contributed by atoms with E-state index < -0.39 is 27.6 Å². The van der Waals surface area contributed by atoms with Gasteiger partial charge in [-0.05, 0) is 31.7 Å². The lowest BCUT2D eigenvalue weighted by atomic mass is 10.1. The molecular weight excluding hydrogens is 294 g/mol. The van der Waals surface area contributed by atoms with Gasteiger partial charge in [-0.15, -0.1) is 0 Å². The molecule has 1 unspecified atom stereocenters. The second-order valence-electron chi connectivity index (χ2n) is 4.48. The third-order valence-electron chi connectivity index (χ3n) is 2.91. The van der Waals surface area contributed by atoms with Gasteiger partial charge in [-0.3, -0.25) is 4.79 Å². The van der Waals surface area contributed by atoms with E-state index in [2.05, 4.69) is 10.1 Å². The summed E-state index contributed by atoms with van der Waals surface area (Å²) < 4.78 is 33.9. The second kappa shape index (κ2) is 7.99. The molecule has 0 aromatic heterocycles. The number of hydrogen-bond acceptors (Lipinski definition) is 6. The SMILES string of the molecule is CCOC(=O)CS(=O)(=O)CC(NC)c1cccc(OC)c1. The van der Waals surface area contributed by atoms with Crippen LogP contribution in [0.5, 0.6) is 5.75 Å². The number of hydrogen-bond donors (Lipinski definition) is 1. The molecule has 118 valence electrons. The Morgan fingerprint density at radius 3 is 2.67 bits per heavy atom. The van der Waals surface area contributed by atoms with Gasteiger partial charge < -0.3 is 14.8 Å². The van der Waals surface area contributed by atoms with E-state index in [1.807, 2.05) is 6.07 Å². The van der Waals surface area contributed by atoms with Crippen molar-refractivity contribution in [3.8, 4) is 5.75 Å². The first-order valence-corrected chi connectivity index (χ1v) is 8.41. The Balaban J connectivity index is 2.83. The Morgan fingerprint density at radius 1 is 1.38 bits per heavy atom. The summed E-state index contributed by atoms with van der Waals surface area (Å²) >= 11 is 0. The minimum absolute atomic E-state index is 0.166. The Hall–Kier alpha value is -1.60. The van der Waals surface area contributed by atoms with Gasteiger partial charge in [0, 0.05) is 6.04 Å². The van der Waals surface area contributed by atoms with Gasteiger partial charge in [0.2, 0.25) is 0 Å². The number of ether oxygens (including phenoxy) is 2. The summed E-state index contributed by atoms with van der Waals surface area (Å²) in [4.78, 5) is 11.3. The standard InChI is InChI=1S/C14H21NO5S/c1-4-20-14(16)10-21(17,18)9-13(15-2)11-6-5-7-12(8-11)19-3/h5-8,13,15H,4,9-10H2,1-3H3. The van der Waals surface area contributed by atoms with Gasteiger partial charge in [-0.25, -0.2) is 8.42 Å². The molecule has 1 aromatic carbocycles. The van der Waals surface area contributed by atoms with Crippen molar-refractivity contribution in [1.82, 2.24) is 5.32 Å².